The summed E-state index contributed by atoms with van der Waals surface area (Å²) in [7, 11) is 0. The van der Waals surface area contributed by atoms with E-state index < -0.39 is 0 Å². The van der Waals surface area contributed by atoms with Gasteiger partial charge in [-0.1, -0.05) is 23.7 Å². The molecule has 0 spiro atoms. The molecule has 0 saturated carbocycles. The molecule has 0 aliphatic carbocycles. The molecule has 2 unspecified atom stereocenters. The molecule has 124 valence electrons. The van der Waals surface area contributed by atoms with E-state index in [0.29, 0.717) is 37.7 Å². The zero-order valence-corrected chi connectivity index (χ0v) is 13.8. The van der Waals surface area contributed by atoms with Crippen LogP contribution in [0.5, 0.6) is 0 Å². The molecular formula is C16H21ClN4O2. The molecule has 2 amide bonds. The van der Waals surface area contributed by atoms with Gasteiger partial charge in [0, 0.05) is 44.7 Å². The summed E-state index contributed by atoms with van der Waals surface area (Å²) in [5.74, 6) is 0.0473. The summed E-state index contributed by atoms with van der Waals surface area (Å²) < 4.78 is 0. The Morgan fingerprint density at radius 1 is 1.09 bits per heavy atom. The predicted octanol–water partition coefficient (Wildman–Crippen LogP) is 0.796. The molecule has 2 aliphatic heterocycles. The third kappa shape index (κ3) is 3.49. The number of benzene rings is 1. The second-order valence-electron chi connectivity index (χ2n) is 5.99. The van der Waals surface area contributed by atoms with Crippen molar-refractivity contribution in [2.24, 2.45) is 5.92 Å². The Balaban J connectivity index is 1.67. The molecule has 0 radical (unpaired) electrons. The first-order valence-corrected chi connectivity index (χ1v) is 8.22. The van der Waals surface area contributed by atoms with Crippen LogP contribution in [0, 0.1) is 5.92 Å². The lowest BCUT2D eigenvalue weighted by atomic mass is 9.93. The lowest BCUT2D eigenvalue weighted by molar-refractivity contribution is -0.141. The van der Waals surface area contributed by atoms with Crippen LogP contribution in [0.1, 0.15) is 18.5 Å². The fourth-order valence-corrected chi connectivity index (χ4v) is 3.32. The summed E-state index contributed by atoms with van der Waals surface area (Å²) in [6.07, 6.45) is 0. The third-order valence-electron chi connectivity index (χ3n) is 4.56. The minimum atomic E-state index is -0.153. The zero-order chi connectivity index (χ0) is 16.4. The van der Waals surface area contributed by atoms with Crippen LogP contribution in [-0.4, -0.2) is 54.3 Å². The fourth-order valence-electron chi connectivity index (χ4n) is 3.19. The van der Waals surface area contributed by atoms with Crippen molar-refractivity contribution < 1.29 is 9.59 Å². The average molecular weight is 337 g/mol. The number of nitrogens with one attached hydrogen (secondary N) is 2. The van der Waals surface area contributed by atoms with Gasteiger partial charge in [0.05, 0.1) is 12.0 Å². The predicted molar refractivity (Wildman–Crippen MR) is 87.7 cm³/mol. The van der Waals surface area contributed by atoms with E-state index in [0.717, 1.165) is 5.56 Å². The SMILES string of the molecule is CC(=O)N1CCN(C(=O)C2CNNC2c2ccc(Cl)cc2)CC1. The van der Waals surface area contributed by atoms with Crippen LogP contribution in [0.25, 0.3) is 0 Å². The highest BCUT2D eigenvalue weighted by atomic mass is 35.5. The van der Waals surface area contributed by atoms with Gasteiger partial charge >= 0.3 is 0 Å². The molecule has 2 atom stereocenters. The number of amides is 2. The van der Waals surface area contributed by atoms with E-state index >= 15 is 0 Å². The van der Waals surface area contributed by atoms with Gasteiger partial charge in [0.25, 0.3) is 0 Å². The first-order chi connectivity index (χ1) is 11.1. The van der Waals surface area contributed by atoms with E-state index in [-0.39, 0.29) is 23.8 Å². The Labute approximate surface area is 140 Å². The first-order valence-electron chi connectivity index (χ1n) is 7.84. The van der Waals surface area contributed by atoms with Gasteiger partial charge < -0.3 is 9.80 Å². The van der Waals surface area contributed by atoms with E-state index in [4.69, 9.17) is 11.6 Å². The molecule has 23 heavy (non-hydrogen) atoms. The minimum absolute atomic E-state index is 0.0643. The maximum atomic E-state index is 12.8. The smallest absolute Gasteiger partial charge is 0.229 e. The number of carbonyl (C=O) groups excluding carboxylic acids is 2. The van der Waals surface area contributed by atoms with E-state index in [1.165, 1.54) is 0 Å². The van der Waals surface area contributed by atoms with Crippen LogP contribution in [0.15, 0.2) is 24.3 Å². The van der Waals surface area contributed by atoms with E-state index in [1.54, 1.807) is 11.8 Å². The van der Waals surface area contributed by atoms with Crippen molar-refractivity contribution >= 4 is 23.4 Å². The third-order valence-corrected chi connectivity index (χ3v) is 4.82. The number of hydrogen-bond donors (Lipinski definition) is 2. The van der Waals surface area contributed by atoms with Gasteiger partial charge in [0.15, 0.2) is 0 Å². The fraction of sp³-hybridized carbons (Fsp3) is 0.500. The highest BCUT2D eigenvalue weighted by molar-refractivity contribution is 6.30. The molecule has 1 aromatic rings. The molecule has 1 aromatic carbocycles. The van der Waals surface area contributed by atoms with E-state index in [2.05, 4.69) is 10.9 Å². The topological polar surface area (TPSA) is 64.7 Å². The second kappa shape index (κ2) is 6.86. The van der Waals surface area contributed by atoms with E-state index in [1.807, 2.05) is 29.2 Å². The van der Waals surface area contributed by atoms with E-state index in [9.17, 15) is 9.59 Å². The van der Waals surface area contributed by atoms with Crippen LogP contribution in [0.3, 0.4) is 0 Å². The summed E-state index contributed by atoms with van der Waals surface area (Å²) >= 11 is 5.93. The lowest BCUT2D eigenvalue weighted by Gasteiger charge is -2.36. The number of piperazine rings is 1. The van der Waals surface area contributed by atoms with Crippen molar-refractivity contribution in [3.8, 4) is 0 Å². The van der Waals surface area contributed by atoms with Crippen molar-refractivity contribution in [1.29, 1.82) is 0 Å². The van der Waals surface area contributed by atoms with Crippen LogP contribution >= 0.6 is 11.6 Å². The summed E-state index contributed by atoms with van der Waals surface area (Å²) in [5, 5.41) is 0.683. The molecule has 2 saturated heterocycles. The van der Waals surface area contributed by atoms with Crippen molar-refractivity contribution in [3.63, 3.8) is 0 Å². The molecule has 2 fully saturated rings. The van der Waals surface area contributed by atoms with Crippen LogP contribution in [0.4, 0.5) is 0 Å². The number of rotatable bonds is 2. The van der Waals surface area contributed by atoms with Crippen molar-refractivity contribution in [2.75, 3.05) is 32.7 Å². The normalized spacial score (nSPS) is 24.8. The molecule has 7 heteroatoms. The molecule has 0 aromatic heterocycles. The average Bonchev–Trinajstić information content (AvgIpc) is 3.04. The Hall–Kier alpha value is -1.63. The second-order valence-corrected chi connectivity index (χ2v) is 6.43. The van der Waals surface area contributed by atoms with Crippen molar-refractivity contribution in [2.45, 2.75) is 13.0 Å². The van der Waals surface area contributed by atoms with Gasteiger partial charge in [0.1, 0.15) is 0 Å². The maximum absolute atomic E-state index is 12.8. The summed E-state index contributed by atoms with van der Waals surface area (Å²) in [4.78, 5) is 27.9. The van der Waals surface area contributed by atoms with Crippen LogP contribution < -0.4 is 10.9 Å². The Morgan fingerprint density at radius 3 is 2.30 bits per heavy atom. The van der Waals surface area contributed by atoms with Gasteiger partial charge in [-0.15, -0.1) is 0 Å². The van der Waals surface area contributed by atoms with Gasteiger partial charge in [-0.05, 0) is 17.7 Å². The molecule has 6 nitrogen and oxygen atoms in total. The summed E-state index contributed by atoms with van der Waals surface area (Å²) in [6, 6.07) is 7.50. The van der Waals surface area contributed by atoms with Gasteiger partial charge in [-0.3, -0.25) is 15.0 Å². The highest BCUT2D eigenvalue weighted by Gasteiger charge is 2.37. The van der Waals surface area contributed by atoms with Crippen molar-refractivity contribution in [3.05, 3.63) is 34.9 Å². The zero-order valence-electron chi connectivity index (χ0n) is 13.1. The number of hydrazine groups is 1. The van der Waals surface area contributed by atoms with Gasteiger partial charge in [0.2, 0.25) is 11.8 Å². The minimum Gasteiger partial charge on any atom is -0.339 e. The monoisotopic (exact) mass is 336 g/mol. The molecule has 2 heterocycles. The first kappa shape index (κ1) is 16.2. The Kier molecular flexibility index (Phi) is 4.84. The summed E-state index contributed by atoms with van der Waals surface area (Å²) in [5.41, 5.74) is 7.31. The Bertz CT molecular complexity index is 584. The van der Waals surface area contributed by atoms with Crippen molar-refractivity contribution in [1.82, 2.24) is 20.7 Å². The van der Waals surface area contributed by atoms with Crippen LogP contribution in [-0.2, 0) is 9.59 Å². The van der Waals surface area contributed by atoms with Gasteiger partial charge in [-0.2, -0.15) is 0 Å². The standard InChI is InChI=1S/C16H21ClN4O2/c1-11(22)20-6-8-21(9-7-20)16(23)14-10-18-19-15(14)12-2-4-13(17)5-3-12/h2-5,14-15,18-19H,6-10H2,1H3. The lowest BCUT2D eigenvalue weighted by Crippen LogP contribution is -2.52. The number of hydrogen-bond acceptors (Lipinski definition) is 4. The Morgan fingerprint density at radius 2 is 1.70 bits per heavy atom. The number of carbonyl (C=O) groups is 2. The number of nitrogens with zero attached hydrogens (tertiary/aromatic N) is 2. The molecule has 0 bridgehead atoms. The maximum Gasteiger partial charge on any atom is 0.229 e. The van der Waals surface area contributed by atoms with Crippen LogP contribution in [0.2, 0.25) is 5.02 Å². The largest absolute Gasteiger partial charge is 0.339 e. The molecule has 3 rings (SSSR count). The molecule has 2 N–H and O–H groups in total. The van der Waals surface area contributed by atoms with Gasteiger partial charge in [-0.25, -0.2) is 5.43 Å². The molecular weight excluding hydrogens is 316 g/mol. The quantitative estimate of drug-likeness (QED) is 0.838. The molecule has 2 aliphatic rings. The number of halogens is 1. The summed E-state index contributed by atoms with van der Waals surface area (Å²) in [6.45, 7) is 4.59. The highest BCUT2D eigenvalue weighted by Crippen LogP contribution is 2.27.